The molecule has 0 aliphatic carbocycles. The van der Waals surface area contributed by atoms with E-state index in [2.05, 4.69) is 22.3 Å². The largest absolute Gasteiger partial charge is 0.495 e. The molecule has 1 atom stereocenters. The molecule has 1 aliphatic rings. The van der Waals surface area contributed by atoms with Crippen LogP contribution < -0.4 is 4.74 Å². The number of amides is 1. The Kier molecular flexibility index (Phi) is 6.32. The molecule has 0 unspecified atom stereocenters. The van der Waals surface area contributed by atoms with E-state index in [1.807, 2.05) is 52.8 Å². The van der Waals surface area contributed by atoms with Gasteiger partial charge in [0.05, 0.1) is 33.8 Å². The van der Waals surface area contributed by atoms with Gasteiger partial charge < -0.3 is 9.64 Å². The van der Waals surface area contributed by atoms with Crippen LogP contribution in [0.1, 0.15) is 29.6 Å². The second-order valence-electron chi connectivity index (χ2n) is 8.02. The van der Waals surface area contributed by atoms with Crippen molar-refractivity contribution in [3.05, 3.63) is 59.4 Å². The number of nitrogens with zero attached hydrogens (tertiary/aromatic N) is 5. The second-order valence-corrected chi connectivity index (χ2v) is 10.0. The molecule has 0 N–H and O–H groups in total. The number of rotatable bonds is 6. The van der Waals surface area contributed by atoms with Crippen LogP contribution >= 0.6 is 23.1 Å². The summed E-state index contributed by atoms with van der Waals surface area (Å²) >= 11 is 3.16. The minimum Gasteiger partial charge on any atom is -0.495 e. The quantitative estimate of drug-likeness (QED) is 0.374. The molecule has 7 nitrogen and oxygen atoms in total. The molecule has 1 fully saturated rings. The monoisotopic (exact) mass is 479 g/mol. The Labute approximate surface area is 200 Å². The van der Waals surface area contributed by atoms with Gasteiger partial charge in [0.15, 0.2) is 5.16 Å². The second kappa shape index (κ2) is 9.52. The minimum atomic E-state index is 0.123. The fourth-order valence-electron chi connectivity index (χ4n) is 4.22. The van der Waals surface area contributed by atoms with E-state index in [0.29, 0.717) is 16.8 Å². The Hall–Kier alpha value is -2.91. The highest BCUT2D eigenvalue weighted by Crippen LogP contribution is 2.34. The first-order chi connectivity index (χ1) is 16.1. The number of thiazole rings is 1. The summed E-state index contributed by atoms with van der Waals surface area (Å²) in [6, 6.07) is 16.0. The highest BCUT2D eigenvalue weighted by molar-refractivity contribution is 7.99. The van der Waals surface area contributed by atoms with Crippen LogP contribution in [0, 0.1) is 6.92 Å². The lowest BCUT2D eigenvalue weighted by Gasteiger charge is -2.31. The van der Waals surface area contributed by atoms with E-state index in [1.165, 1.54) is 16.5 Å². The molecule has 0 bridgehead atoms. The first-order valence-electron chi connectivity index (χ1n) is 11.0. The van der Waals surface area contributed by atoms with Crippen molar-refractivity contribution in [1.29, 1.82) is 0 Å². The number of fused-ring (bicyclic) bond motifs is 1. The molecule has 0 spiro atoms. The number of thioether (sulfide) groups is 1. The van der Waals surface area contributed by atoms with Crippen LogP contribution in [0.15, 0.2) is 53.7 Å². The number of piperidine rings is 1. The molecular formula is C24H25N5O2S2. The van der Waals surface area contributed by atoms with Crippen LogP contribution in [0.5, 0.6) is 5.75 Å². The van der Waals surface area contributed by atoms with E-state index in [4.69, 9.17) is 9.72 Å². The molecule has 2 aromatic heterocycles. The Morgan fingerprint density at radius 1 is 1.18 bits per heavy atom. The van der Waals surface area contributed by atoms with Gasteiger partial charge in [-0.05, 0) is 44.0 Å². The number of hydrogen-bond donors (Lipinski definition) is 0. The molecule has 2 aromatic carbocycles. The zero-order valence-corrected chi connectivity index (χ0v) is 20.2. The van der Waals surface area contributed by atoms with Gasteiger partial charge in [-0.3, -0.25) is 9.36 Å². The maximum atomic E-state index is 13.1. The molecule has 5 rings (SSSR count). The third-order valence-electron chi connectivity index (χ3n) is 5.88. The lowest BCUT2D eigenvalue weighted by atomic mass is 9.99. The van der Waals surface area contributed by atoms with Crippen LogP contribution in [0.3, 0.4) is 0 Å². The van der Waals surface area contributed by atoms with Crippen molar-refractivity contribution in [2.75, 3.05) is 26.0 Å². The average molecular weight is 480 g/mol. The third-order valence-corrected chi connectivity index (χ3v) is 7.99. The van der Waals surface area contributed by atoms with E-state index < -0.39 is 0 Å². The Bertz CT molecular complexity index is 1250. The number of likely N-dealkylation sites (tertiary alicyclic amines) is 1. The predicted molar refractivity (Wildman–Crippen MR) is 132 cm³/mol. The number of carbonyl (C=O) groups excluding carboxylic acids is 1. The number of benzene rings is 2. The van der Waals surface area contributed by atoms with Gasteiger partial charge >= 0.3 is 0 Å². The Balaban J connectivity index is 1.28. The zero-order valence-electron chi connectivity index (χ0n) is 18.6. The first kappa shape index (κ1) is 21.9. The molecule has 33 heavy (non-hydrogen) atoms. The van der Waals surface area contributed by atoms with Crippen LogP contribution in [-0.2, 0) is 4.79 Å². The molecule has 170 valence electrons. The smallest absolute Gasteiger partial charge is 0.233 e. The molecule has 9 heteroatoms. The number of aromatic nitrogens is 4. The van der Waals surface area contributed by atoms with Gasteiger partial charge in [0.1, 0.15) is 11.6 Å². The molecule has 0 saturated carbocycles. The van der Waals surface area contributed by atoms with Gasteiger partial charge in [-0.1, -0.05) is 36.0 Å². The maximum Gasteiger partial charge on any atom is 0.233 e. The van der Waals surface area contributed by atoms with Gasteiger partial charge in [0.25, 0.3) is 0 Å². The van der Waals surface area contributed by atoms with Crippen molar-refractivity contribution in [1.82, 2.24) is 24.6 Å². The van der Waals surface area contributed by atoms with Crippen molar-refractivity contribution in [3.8, 4) is 11.4 Å². The number of aryl methyl sites for hydroxylation is 1. The van der Waals surface area contributed by atoms with Crippen LogP contribution in [0.2, 0.25) is 0 Å². The lowest BCUT2D eigenvalue weighted by molar-refractivity contribution is -0.129. The highest BCUT2D eigenvalue weighted by Gasteiger charge is 2.27. The van der Waals surface area contributed by atoms with Gasteiger partial charge in [0.2, 0.25) is 5.91 Å². The fraction of sp³-hybridized carbons (Fsp3) is 0.333. The van der Waals surface area contributed by atoms with E-state index >= 15 is 0 Å². The van der Waals surface area contributed by atoms with Crippen molar-refractivity contribution in [2.24, 2.45) is 0 Å². The van der Waals surface area contributed by atoms with E-state index in [1.54, 1.807) is 18.4 Å². The van der Waals surface area contributed by atoms with E-state index in [0.717, 1.165) is 53.7 Å². The number of carbonyl (C=O) groups is 1. The summed E-state index contributed by atoms with van der Waals surface area (Å²) in [5.74, 6) is 2.23. The minimum absolute atomic E-state index is 0.123. The van der Waals surface area contributed by atoms with Crippen LogP contribution in [0.4, 0.5) is 0 Å². The molecule has 3 heterocycles. The molecule has 0 radical (unpaired) electrons. The standard InChI is InChI=1S/C24H25N5O2S2/c1-16-26-27-24(29(16)19-10-4-5-11-20(19)31-2)32-15-22(30)28-13-7-8-17(14-28)23-25-18-9-3-6-12-21(18)33-23/h3-6,9-12,17H,7-8,13-15H2,1-2H3/t17-/m1/s1. The summed E-state index contributed by atoms with van der Waals surface area (Å²) in [7, 11) is 1.65. The van der Waals surface area contributed by atoms with Crippen LogP contribution in [-0.4, -0.2) is 56.5 Å². The summed E-state index contributed by atoms with van der Waals surface area (Å²) in [6.45, 7) is 3.41. The molecule has 4 aromatic rings. The number of hydrogen-bond acceptors (Lipinski definition) is 7. The van der Waals surface area contributed by atoms with Crippen molar-refractivity contribution >= 4 is 39.2 Å². The summed E-state index contributed by atoms with van der Waals surface area (Å²) in [6.07, 6.45) is 2.06. The predicted octanol–water partition coefficient (Wildman–Crippen LogP) is 4.69. The van der Waals surface area contributed by atoms with Gasteiger partial charge in [-0.25, -0.2) is 4.98 Å². The third kappa shape index (κ3) is 4.47. The molecule has 1 aliphatic heterocycles. The zero-order chi connectivity index (χ0) is 22.8. The molecule has 1 amide bonds. The van der Waals surface area contributed by atoms with Gasteiger partial charge in [-0.15, -0.1) is 21.5 Å². The summed E-state index contributed by atoms with van der Waals surface area (Å²) in [5.41, 5.74) is 1.91. The molecule has 1 saturated heterocycles. The number of methoxy groups -OCH3 is 1. The Morgan fingerprint density at radius 3 is 2.85 bits per heavy atom. The number of para-hydroxylation sites is 3. The van der Waals surface area contributed by atoms with Gasteiger partial charge in [-0.2, -0.15) is 0 Å². The topological polar surface area (TPSA) is 73.1 Å². The Morgan fingerprint density at radius 2 is 2.00 bits per heavy atom. The summed E-state index contributed by atoms with van der Waals surface area (Å²) in [4.78, 5) is 19.9. The van der Waals surface area contributed by atoms with Crippen LogP contribution in [0.25, 0.3) is 15.9 Å². The number of ether oxygens (including phenoxy) is 1. The van der Waals surface area contributed by atoms with E-state index in [9.17, 15) is 4.79 Å². The summed E-state index contributed by atoms with van der Waals surface area (Å²) in [5, 5.41) is 10.4. The highest BCUT2D eigenvalue weighted by atomic mass is 32.2. The average Bonchev–Trinajstić information content (AvgIpc) is 3.46. The molecular weight excluding hydrogens is 454 g/mol. The van der Waals surface area contributed by atoms with Crippen molar-refractivity contribution < 1.29 is 9.53 Å². The van der Waals surface area contributed by atoms with E-state index in [-0.39, 0.29) is 5.91 Å². The SMILES string of the molecule is COc1ccccc1-n1c(C)nnc1SCC(=O)N1CCC[C@@H](c2nc3ccccc3s2)C1. The lowest BCUT2D eigenvalue weighted by Crippen LogP contribution is -2.40. The van der Waals surface area contributed by atoms with Crippen molar-refractivity contribution in [3.63, 3.8) is 0 Å². The maximum absolute atomic E-state index is 13.1. The fourth-order valence-corrected chi connectivity index (χ4v) is 6.20. The first-order valence-corrected chi connectivity index (χ1v) is 12.8. The van der Waals surface area contributed by atoms with Crippen molar-refractivity contribution in [2.45, 2.75) is 30.8 Å². The summed E-state index contributed by atoms with van der Waals surface area (Å²) < 4.78 is 8.66. The normalized spacial score (nSPS) is 16.3. The van der Waals surface area contributed by atoms with Gasteiger partial charge in [0, 0.05) is 19.0 Å².